The molecule has 1 fully saturated rings. The number of thioether (sulfide) groups is 1. The number of hydrogen-bond donors (Lipinski definition) is 3. The van der Waals surface area contributed by atoms with Crippen molar-refractivity contribution in [1.82, 2.24) is 20.2 Å². The number of pyridine rings is 1. The first kappa shape index (κ1) is 23.9. The van der Waals surface area contributed by atoms with Gasteiger partial charge in [0.2, 0.25) is 0 Å². The van der Waals surface area contributed by atoms with E-state index in [0.29, 0.717) is 18.7 Å². The molecule has 3 heterocycles. The Hall–Kier alpha value is -2.83. The molecule has 0 aliphatic carbocycles. The molecular weight excluding hydrogens is 522 g/mol. The van der Waals surface area contributed by atoms with E-state index in [0.717, 1.165) is 62.7 Å². The molecule has 4 N–H and O–H groups in total. The monoisotopic (exact) mass is 547 g/mol. The van der Waals surface area contributed by atoms with Crippen molar-refractivity contribution in [2.75, 3.05) is 44.2 Å². The van der Waals surface area contributed by atoms with Gasteiger partial charge in [-0.15, -0.1) is 0 Å². The molecule has 4 aromatic rings. The Labute approximate surface area is 217 Å². The van der Waals surface area contributed by atoms with Gasteiger partial charge in [0.1, 0.15) is 0 Å². The van der Waals surface area contributed by atoms with Crippen LogP contribution in [0.4, 0.5) is 0 Å². The van der Waals surface area contributed by atoms with Crippen LogP contribution in [0.15, 0.2) is 53.1 Å². The SMILES string of the molecule is NCCNC(=O)c1cc(-c2c[nH]c3ccc(Br)cc23)nc2ccc(C#CCN3CCSCC3)cc12. The highest BCUT2D eigenvalue weighted by atomic mass is 79.9. The summed E-state index contributed by atoms with van der Waals surface area (Å²) in [6.45, 7) is 3.71. The number of fused-ring (bicyclic) bond motifs is 2. The number of carbonyl (C=O) groups is 1. The summed E-state index contributed by atoms with van der Waals surface area (Å²) in [5.41, 5.74) is 10.5. The van der Waals surface area contributed by atoms with Crippen LogP contribution in [0.3, 0.4) is 0 Å². The first-order valence-corrected chi connectivity index (χ1v) is 13.6. The van der Waals surface area contributed by atoms with Crippen molar-refractivity contribution >= 4 is 55.4 Å². The smallest absolute Gasteiger partial charge is 0.252 e. The summed E-state index contributed by atoms with van der Waals surface area (Å²) in [4.78, 5) is 23.7. The van der Waals surface area contributed by atoms with Crippen LogP contribution in [0.5, 0.6) is 0 Å². The Morgan fingerprint density at radius 2 is 2.03 bits per heavy atom. The van der Waals surface area contributed by atoms with Gasteiger partial charge in [-0.25, -0.2) is 4.98 Å². The van der Waals surface area contributed by atoms with Gasteiger partial charge in [0.15, 0.2) is 0 Å². The fourth-order valence-corrected chi connectivity index (χ4v) is 5.57. The van der Waals surface area contributed by atoms with Crippen molar-refractivity contribution in [3.63, 3.8) is 0 Å². The summed E-state index contributed by atoms with van der Waals surface area (Å²) in [6, 6.07) is 13.8. The fourth-order valence-electron chi connectivity index (χ4n) is 4.23. The second-order valence-corrected chi connectivity index (χ2v) is 10.6. The summed E-state index contributed by atoms with van der Waals surface area (Å²) in [5.74, 6) is 8.74. The zero-order valence-electron chi connectivity index (χ0n) is 19.2. The number of nitrogens with one attached hydrogen (secondary N) is 2. The molecule has 1 amide bonds. The molecule has 2 aromatic carbocycles. The third kappa shape index (κ3) is 5.39. The minimum absolute atomic E-state index is 0.166. The van der Waals surface area contributed by atoms with E-state index in [9.17, 15) is 4.79 Å². The minimum atomic E-state index is -0.166. The molecule has 1 aliphatic rings. The lowest BCUT2D eigenvalue weighted by Gasteiger charge is -2.23. The van der Waals surface area contributed by atoms with Crippen LogP contribution >= 0.6 is 27.7 Å². The van der Waals surface area contributed by atoms with Gasteiger partial charge < -0.3 is 16.0 Å². The van der Waals surface area contributed by atoms with Crippen molar-refractivity contribution in [1.29, 1.82) is 0 Å². The van der Waals surface area contributed by atoms with Gasteiger partial charge in [-0.2, -0.15) is 11.8 Å². The van der Waals surface area contributed by atoms with E-state index < -0.39 is 0 Å². The predicted molar refractivity (Wildman–Crippen MR) is 149 cm³/mol. The molecule has 0 radical (unpaired) electrons. The van der Waals surface area contributed by atoms with E-state index in [1.54, 1.807) is 0 Å². The zero-order valence-corrected chi connectivity index (χ0v) is 21.6. The van der Waals surface area contributed by atoms with Crippen LogP contribution in [-0.2, 0) is 0 Å². The van der Waals surface area contributed by atoms with Crippen molar-refractivity contribution in [2.45, 2.75) is 0 Å². The van der Waals surface area contributed by atoms with Crippen molar-refractivity contribution in [2.24, 2.45) is 5.73 Å². The number of H-pyrrole nitrogens is 1. The highest BCUT2D eigenvalue weighted by molar-refractivity contribution is 9.10. The van der Waals surface area contributed by atoms with Gasteiger partial charge in [0.25, 0.3) is 5.91 Å². The molecule has 6 nitrogen and oxygen atoms in total. The molecule has 5 rings (SSSR count). The number of aromatic nitrogens is 2. The van der Waals surface area contributed by atoms with Crippen LogP contribution < -0.4 is 11.1 Å². The van der Waals surface area contributed by atoms with Gasteiger partial charge in [0, 0.05) is 75.8 Å². The van der Waals surface area contributed by atoms with E-state index in [-0.39, 0.29) is 5.91 Å². The number of hydrogen-bond acceptors (Lipinski definition) is 5. The number of amides is 1. The average molecular weight is 549 g/mol. The average Bonchev–Trinajstić information content (AvgIpc) is 3.30. The number of aromatic amines is 1. The molecule has 1 aliphatic heterocycles. The molecule has 0 saturated carbocycles. The number of halogens is 1. The molecule has 178 valence electrons. The highest BCUT2D eigenvalue weighted by Gasteiger charge is 2.16. The summed E-state index contributed by atoms with van der Waals surface area (Å²) in [5, 5.41) is 4.74. The minimum Gasteiger partial charge on any atom is -0.360 e. The molecule has 2 aromatic heterocycles. The van der Waals surface area contributed by atoms with Crippen molar-refractivity contribution < 1.29 is 4.79 Å². The van der Waals surface area contributed by atoms with E-state index in [4.69, 9.17) is 10.7 Å². The molecule has 0 spiro atoms. The fraction of sp³-hybridized carbons (Fsp3) is 0.259. The normalized spacial score (nSPS) is 14.1. The van der Waals surface area contributed by atoms with E-state index in [1.165, 1.54) is 11.5 Å². The third-order valence-corrected chi connectivity index (χ3v) is 7.48. The topological polar surface area (TPSA) is 87.0 Å². The van der Waals surface area contributed by atoms with Gasteiger partial charge in [-0.05, 0) is 42.5 Å². The Morgan fingerprint density at radius 1 is 1.17 bits per heavy atom. The molecule has 8 heteroatoms. The highest BCUT2D eigenvalue weighted by Crippen LogP contribution is 2.32. The number of carbonyl (C=O) groups excluding carboxylic acids is 1. The van der Waals surface area contributed by atoms with Gasteiger partial charge in [-0.3, -0.25) is 9.69 Å². The Bertz CT molecular complexity index is 1450. The number of benzene rings is 2. The number of nitrogens with two attached hydrogens (primary N) is 1. The van der Waals surface area contributed by atoms with Gasteiger partial charge in [0.05, 0.1) is 23.3 Å². The Balaban J connectivity index is 1.55. The summed E-state index contributed by atoms with van der Waals surface area (Å²) < 4.78 is 0.985. The molecular formula is C27H26BrN5OS. The summed E-state index contributed by atoms with van der Waals surface area (Å²) in [6.07, 6.45) is 1.94. The number of nitrogens with zero attached hydrogens (tertiary/aromatic N) is 2. The maximum absolute atomic E-state index is 13.1. The summed E-state index contributed by atoms with van der Waals surface area (Å²) in [7, 11) is 0. The first-order valence-electron chi connectivity index (χ1n) is 11.6. The lowest BCUT2D eigenvalue weighted by molar-refractivity contribution is 0.0956. The molecule has 0 unspecified atom stereocenters. The zero-order chi connectivity index (χ0) is 24.2. The van der Waals surface area contributed by atoms with Crippen molar-refractivity contribution in [3.05, 3.63) is 64.3 Å². The number of rotatable bonds is 5. The maximum Gasteiger partial charge on any atom is 0.252 e. The molecule has 0 atom stereocenters. The van der Waals surface area contributed by atoms with Gasteiger partial charge in [-0.1, -0.05) is 27.8 Å². The van der Waals surface area contributed by atoms with Crippen molar-refractivity contribution in [3.8, 4) is 23.1 Å². The molecule has 0 bridgehead atoms. The second-order valence-electron chi connectivity index (χ2n) is 8.41. The lowest BCUT2D eigenvalue weighted by atomic mass is 10.0. The molecule has 1 saturated heterocycles. The maximum atomic E-state index is 13.1. The Kier molecular flexibility index (Phi) is 7.40. The van der Waals surface area contributed by atoms with E-state index >= 15 is 0 Å². The first-order chi connectivity index (χ1) is 17.1. The molecule has 35 heavy (non-hydrogen) atoms. The largest absolute Gasteiger partial charge is 0.360 e. The van der Waals surface area contributed by atoms with Crippen LogP contribution in [0.2, 0.25) is 0 Å². The predicted octanol–water partition coefficient (Wildman–Crippen LogP) is 4.23. The second kappa shape index (κ2) is 10.8. The van der Waals surface area contributed by atoms with Gasteiger partial charge >= 0.3 is 0 Å². The third-order valence-electron chi connectivity index (χ3n) is 6.04. The van der Waals surface area contributed by atoms with E-state index in [1.807, 2.05) is 54.4 Å². The standard InChI is InChI=1S/C27H26BrN5OS/c28-19-4-6-24-21(15-19)23(17-31-24)26-16-22(27(34)30-8-7-29)20-14-18(3-5-25(20)32-26)2-1-9-33-10-12-35-13-11-33/h3-6,14-17,31H,7-13,29H2,(H,30,34). The Morgan fingerprint density at radius 3 is 2.86 bits per heavy atom. The lowest BCUT2D eigenvalue weighted by Crippen LogP contribution is -2.32. The van der Waals surface area contributed by atoms with Crippen LogP contribution in [0.1, 0.15) is 15.9 Å². The summed E-state index contributed by atoms with van der Waals surface area (Å²) >= 11 is 5.55. The van der Waals surface area contributed by atoms with E-state index in [2.05, 4.69) is 49.0 Å². The van der Waals surface area contributed by atoms with Crippen LogP contribution in [0, 0.1) is 11.8 Å². The van der Waals surface area contributed by atoms with Crippen LogP contribution in [-0.4, -0.2) is 65.0 Å². The van der Waals surface area contributed by atoms with Crippen LogP contribution in [0.25, 0.3) is 33.1 Å². The quantitative estimate of drug-likeness (QED) is 0.325.